The van der Waals surface area contributed by atoms with Crippen molar-refractivity contribution in [3.63, 3.8) is 0 Å². The smallest absolute Gasteiger partial charge is 0.307 e. The summed E-state index contributed by atoms with van der Waals surface area (Å²) < 4.78 is 5.90. The summed E-state index contributed by atoms with van der Waals surface area (Å²) in [5, 5.41) is 9.76. The molecule has 0 radical (unpaired) electrons. The van der Waals surface area contributed by atoms with Crippen LogP contribution >= 0.6 is 0 Å². The van der Waals surface area contributed by atoms with Gasteiger partial charge in [-0.15, -0.1) is 0 Å². The molecule has 1 fully saturated rings. The SMILES string of the molecule is CC1(C)COC(C)(C)C1C(C(=O)O)C1C=CCCC1. The van der Waals surface area contributed by atoms with E-state index in [1.807, 2.05) is 13.8 Å². The molecule has 0 bridgehead atoms. The van der Waals surface area contributed by atoms with Crippen LogP contribution in [0.25, 0.3) is 0 Å². The van der Waals surface area contributed by atoms with Crippen LogP contribution < -0.4 is 0 Å². The number of hydrogen-bond acceptors (Lipinski definition) is 2. The van der Waals surface area contributed by atoms with Crippen LogP contribution in [0.15, 0.2) is 12.2 Å². The Morgan fingerprint density at radius 2 is 2.05 bits per heavy atom. The number of allylic oxidation sites excluding steroid dienone is 2. The molecule has 0 spiro atoms. The van der Waals surface area contributed by atoms with E-state index in [0.29, 0.717) is 6.61 Å². The highest BCUT2D eigenvalue weighted by molar-refractivity contribution is 5.71. The van der Waals surface area contributed by atoms with Gasteiger partial charge in [-0.1, -0.05) is 26.0 Å². The number of carboxylic acid groups (broad SMARTS) is 1. The third-order valence-electron chi connectivity index (χ3n) is 4.80. The van der Waals surface area contributed by atoms with Crippen LogP contribution in [0.2, 0.25) is 0 Å². The molecular formula is C16H26O3. The summed E-state index contributed by atoms with van der Waals surface area (Å²) in [4.78, 5) is 11.9. The summed E-state index contributed by atoms with van der Waals surface area (Å²) in [6.45, 7) is 8.98. The van der Waals surface area contributed by atoms with Gasteiger partial charge in [0.25, 0.3) is 0 Å². The zero-order valence-electron chi connectivity index (χ0n) is 12.5. The van der Waals surface area contributed by atoms with Gasteiger partial charge in [0, 0.05) is 5.92 Å². The van der Waals surface area contributed by atoms with Crippen molar-refractivity contribution in [2.24, 2.45) is 23.2 Å². The van der Waals surface area contributed by atoms with Crippen molar-refractivity contribution in [1.29, 1.82) is 0 Å². The van der Waals surface area contributed by atoms with Crippen LogP contribution in [-0.2, 0) is 9.53 Å². The highest BCUT2D eigenvalue weighted by Gasteiger charge is 2.55. The van der Waals surface area contributed by atoms with Crippen LogP contribution in [0.3, 0.4) is 0 Å². The van der Waals surface area contributed by atoms with E-state index in [1.54, 1.807) is 0 Å². The minimum absolute atomic E-state index is 0.0465. The predicted molar refractivity (Wildman–Crippen MR) is 74.9 cm³/mol. The standard InChI is InChI=1S/C16H26O3/c1-15(2)10-19-16(3,4)13(15)12(14(17)18)11-8-6-5-7-9-11/h6,8,11-13H,5,7,9-10H2,1-4H3,(H,17,18). The molecule has 1 aliphatic carbocycles. The first-order chi connectivity index (χ1) is 8.76. The summed E-state index contributed by atoms with van der Waals surface area (Å²) in [5.74, 6) is -0.820. The third-order valence-corrected chi connectivity index (χ3v) is 4.80. The lowest BCUT2D eigenvalue weighted by Gasteiger charge is -2.40. The molecule has 0 saturated carbocycles. The summed E-state index contributed by atoms with van der Waals surface area (Å²) in [7, 11) is 0. The topological polar surface area (TPSA) is 46.5 Å². The molecule has 1 saturated heterocycles. The van der Waals surface area contributed by atoms with Crippen LogP contribution in [-0.4, -0.2) is 23.3 Å². The Morgan fingerprint density at radius 3 is 2.47 bits per heavy atom. The second-order valence-electron chi connectivity index (χ2n) is 7.25. The fraction of sp³-hybridized carbons (Fsp3) is 0.812. The molecule has 0 aromatic carbocycles. The van der Waals surface area contributed by atoms with E-state index in [-0.39, 0.29) is 28.8 Å². The largest absolute Gasteiger partial charge is 0.481 e. The lowest BCUT2D eigenvalue weighted by atomic mass is 9.62. The van der Waals surface area contributed by atoms with Gasteiger partial charge in [0.1, 0.15) is 0 Å². The normalized spacial score (nSPS) is 34.1. The van der Waals surface area contributed by atoms with E-state index < -0.39 is 5.97 Å². The molecule has 2 aliphatic rings. The van der Waals surface area contributed by atoms with Crippen molar-refractivity contribution in [1.82, 2.24) is 0 Å². The summed E-state index contributed by atoms with van der Waals surface area (Å²) in [5.41, 5.74) is -0.449. The molecule has 19 heavy (non-hydrogen) atoms. The molecular weight excluding hydrogens is 240 g/mol. The number of hydrogen-bond donors (Lipinski definition) is 1. The molecule has 1 heterocycles. The third kappa shape index (κ3) is 2.71. The summed E-state index contributed by atoms with van der Waals surface area (Å²) in [6.07, 6.45) is 7.42. The first-order valence-electron chi connectivity index (χ1n) is 7.29. The Hall–Kier alpha value is -0.830. The molecule has 3 atom stereocenters. The van der Waals surface area contributed by atoms with E-state index >= 15 is 0 Å². The van der Waals surface area contributed by atoms with Crippen LogP contribution in [0.5, 0.6) is 0 Å². The first-order valence-corrected chi connectivity index (χ1v) is 7.29. The second kappa shape index (κ2) is 4.93. The number of ether oxygens (including phenoxy) is 1. The van der Waals surface area contributed by atoms with Gasteiger partial charge in [0.2, 0.25) is 0 Å². The van der Waals surface area contributed by atoms with E-state index in [2.05, 4.69) is 26.0 Å². The number of carbonyl (C=O) groups is 1. The maximum absolute atomic E-state index is 11.9. The van der Waals surface area contributed by atoms with Crippen molar-refractivity contribution < 1.29 is 14.6 Å². The highest BCUT2D eigenvalue weighted by atomic mass is 16.5. The molecule has 3 heteroatoms. The zero-order chi connectivity index (χ0) is 14.3. The zero-order valence-corrected chi connectivity index (χ0v) is 12.5. The van der Waals surface area contributed by atoms with Crippen LogP contribution in [0.1, 0.15) is 47.0 Å². The summed E-state index contributed by atoms with van der Waals surface area (Å²) in [6, 6.07) is 0. The Morgan fingerprint density at radius 1 is 1.37 bits per heavy atom. The number of rotatable bonds is 3. The maximum Gasteiger partial charge on any atom is 0.307 e. The van der Waals surface area contributed by atoms with Crippen molar-refractivity contribution >= 4 is 5.97 Å². The average molecular weight is 266 g/mol. The van der Waals surface area contributed by atoms with Crippen molar-refractivity contribution in [2.75, 3.05) is 6.61 Å². The van der Waals surface area contributed by atoms with Gasteiger partial charge in [-0.05, 0) is 44.4 Å². The van der Waals surface area contributed by atoms with Gasteiger partial charge in [-0.3, -0.25) is 4.79 Å². The molecule has 0 aromatic heterocycles. The second-order valence-corrected chi connectivity index (χ2v) is 7.25. The van der Waals surface area contributed by atoms with Gasteiger partial charge < -0.3 is 9.84 Å². The van der Waals surface area contributed by atoms with Gasteiger partial charge in [0.15, 0.2) is 0 Å². The molecule has 3 unspecified atom stereocenters. The van der Waals surface area contributed by atoms with Gasteiger partial charge in [-0.2, -0.15) is 0 Å². The maximum atomic E-state index is 11.9. The van der Waals surface area contributed by atoms with Crippen LogP contribution in [0, 0.1) is 23.2 Å². The molecule has 0 amide bonds. The van der Waals surface area contributed by atoms with Crippen molar-refractivity contribution in [2.45, 2.75) is 52.6 Å². The summed E-state index contributed by atoms with van der Waals surface area (Å²) >= 11 is 0. The van der Waals surface area contributed by atoms with E-state index in [0.717, 1.165) is 19.3 Å². The highest BCUT2D eigenvalue weighted by Crippen LogP contribution is 2.51. The minimum Gasteiger partial charge on any atom is -0.481 e. The Bertz CT molecular complexity index is 365. The average Bonchev–Trinajstić information content (AvgIpc) is 2.54. The molecule has 2 rings (SSSR count). The molecule has 1 aliphatic heterocycles. The number of carboxylic acids is 1. The van der Waals surface area contributed by atoms with Crippen molar-refractivity contribution in [3.05, 3.63) is 12.2 Å². The fourth-order valence-electron chi connectivity index (χ4n) is 4.12. The van der Waals surface area contributed by atoms with Gasteiger partial charge in [0.05, 0.1) is 18.1 Å². The first kappa shape index (κ1) is 14.6. The monoisotopic (exact) mass is 266 g/mol. The van der Waals surface area contributed by atoms with Crippen molar-refractivity contribution in [3.8, 4) is 0 Å². The van der Waals surface area contributed by atoms with E-state index in [9.17, 15) is 9.90 Å². The molecule has 1 N–H and O–H groups in total. The lowest BCUT2D eigenvalue weighted by molar-refractivity contribution is -0.150. The predicted octanol–water partition coefficient (Wildman–Crippen LogP) is 3.49. The molecule has 0 aromatic rings. The van der Waals surface area contributed by atoms with Gasteiger partial charge in [-0.25, -0.2) is 0 Å². The van der Waals surface area contributed by atoms with Gasteiger partial charge >= 0.3 is 5.97 Å². The quantitative estimate of drug-likeness (QED) is 0.795. The Labute approximate surface area is 116 Å². The number of aliphatic carboxylic acids is 1. The van der Waals surface area contributed by atoms with E-state index in [1.165, 1.54) is 0 Å². The molecule has 108 valence electrons. The lowest BCUT2D eigenvalue weighted by Crippen LogP contribution is -2.45. The Balaban J connectivity index is 2.35. The fourth-order valence-corrected chi connectivity index (χ4v) is 4.12. The van der Waals surface area contributed by atoms with E-state index in [4.69, 9.17) is 4.74 Å². The molecule has 3 nitrogen and oxygen atoms in total. The minimum atomic E-state index is -0.673. The Kier molecular flexibility index (Phi) is 3.78. The van der Waals surface area contributed by atoms with Crippen LogP contribution in [0.4, 0.5) is 0 Å².